The summed E-state index contributed by atoms with van der Waals surface area (Å²) in [6.07, 6.45) is 1.76. The third kappa shape index (κ3) is 1.25. The van der Waals surface area contributed by atoms with E-state index in [1.54, 1.807) is 32.5 Å². The predicted octanol–water partition coefficient (Wildman–Crippen LogP) is 1.04. The van der Waals surface area contributed by atoms with E-state index in [0.717, 1.165) is 5.56 Å². The molecule has 1 aromatic rings. The number of benzene rings is 1. The Labute approximate surface area is 71.1 Å². The number of nitrogens with two attached hydrogens (primary N) is 1. The van der Waals surface area contributed by atoms with Gasteiger partial charge in [0.15, 0.2) is 0 Å². The van der Waals surface area contributed by atoms with Gasteiger partial charge < -0.3 is 10.5 Å². The van der Waals surface area contributed by atoms with Gasteiger partial charge in [-0.3, -0.25) is 4.79 Å². The smallest absolute Gasteiger partial charge is 0.235 e. The standard InChI is InChI=1S/C9H10NO2/c1-6-8(12-2)4-3-7(5-11)9(6)10/h3-4H,10H2,1-2H3. The minimum Gasteiger partial charge on any atom is -0.496 e. The van der Waals surface area contributed by atoms with Crippen molar-refractivity contribution in [2.24, 2.45) is 0 Å². The van der Waals surface area contributed by atoms with Gasteiger partial charge in [0, 0.05) is 16.8 Å². The van der Waals surface area contributed by atoms with Crippen LogP contribution in [0.4, 0.5) is 5.69 Å². The van der Waals surface area contributed by atoms with Gasteiger partial charge in [0.05, 0.1) is 7.11 Å². The molecule has 1 aromatic carbocycles. The van der Waals surface area contributed by atoms with Crippen LogP contribution in [0, 0.1) is 6.92 Å². The number of ether oxygens (including phenoxy) is 1. The van der Waals surface area contributed by atoms with E-state index in [2.05, 4.69) is 0 Å². The highest BCUT2D eigenvalue weighted by Crippen LogP contribution is 2.25. The van der Waals surface area contributed by atoms with E-state index >= 15 is 0 Å². The lowest BCUT2D eigenvalue weighted by atomic mass is 10.1. The van der Waals surface area contributed by atoms with Crippen molar-refractivity contribution in [3.8, 4) is 5.75 Å². The Hall–Kier alpha value is -1.51. The van der Waals surface area contributed by atoms with Crippen LogP contribution in [0.1, 0.15) is 11.1 Å². The van der Waals surface area contributed by atoms with Crippen molar-refractivity contribution in [1.82, 2.24) is 0 Å². The first-order chi connectivity index (χ1) is 5.70. The van der Waals surface area contributed by atoms with Crippen molar-refractivity contribution in [3.63, 3.8) is 0 Å². The van der Waals surface area contributed by atoms with Crippen molar-refractivity contribution in [1.29, 1.82) is 0 Å². The molecule has 0 amide bonds. The van der Waals surface area contributed by atoms with Crippen LogP contribution in [0.15, 0.2) is 12.1 Å². The maximum absolute atomic E-state index is 10.3. The number of rotatable bonds is 2. The van der Waals surface area contributed by atoms with Crippen LogP contribution in [-0.2, 0) is 4.79 Å². The Bertz CT molecular complexity index is 308. The molecule has 63 valence electrons. The molecule has 0 unspecified atom stereocenters. The molecule has 0 heterocycles. The zero-order valence-electron chi connectivity index (χ0n) is 7.05. The van der Waals surface area contributed by atoms with Crippen LogP contribution in [0.5, 0.6) is 5.75 Å². The third-order valence-corrected chi connectivity index (χ3v) is 1.80. The molecule has 0 saturated heterocycles. The molecular weight excluding hydrogens is 154 g/mol. The van der Waals surface area contributed by atoms with E-state index in [9.17, 15) is 4.79 Å². The summed E-state index contributed by atoms with van der Waals surface area (Å²) >= 11 is 0. The van der Waals surface area contributed by atoms with E-state index < -0.39 is 0 Å². The Morgan fingerprint density at radius 3 is 2.67 bits per heavy atom. The second kappa shape index (κ2) is 3.26. The zero-order valence-corrected chi connectivity index (χ0v) is 7.05. The summed E-state index contributed by atoms with van der Waals surface area (Å²) in [6, 6.07) is 3.29. The molecule has 3 nitrogen and oxygen atoms in total. The fourth-order valence-corrected chi connectivity index (χ4v) is 1.02. The molecule has 0 saturated carbocycles. The van der Waals surface area contributed by atoms with Crippen molar-refractivity contribution in [2.45, 2.75) is 6.92 Å². The minimum atomic E-state index is 0.383. The summed E-state index contributed by atoms with van der Waals surface area (Å²) < 4.78 is 5.02. The van der Waals surface area contributed by atoms with E-state index in [4.69, 9.17) is 10.5 Å². The monoisotopic (exact) mass is 164 g/mol. The maximum atomic E-state index is 10.3. The summed E-state index contributed by atoms with van der Waals surface area (Å²) in [5.74, 6) is 0.687. The SMILES string of the molecule is COc1ccc([C]=O)c(N)c1C. The highest BCUT2D eigenvalue weighted by atomic mass is 16.5. The van der Waals surface area contributed by atoms with Crippen LogP contribution in [0.2, 0.25) is 0 Å². The predicted molar refractivity (Wildman–Crippen MR) is 46.9 cm³/mol. The first-order valence-electron chi connectivity index (χ1n) is 3.52. The molecule has 0 aliphatic carbocycles. The summed E-state index contributed by atoms with van der Waals surface area (Å²) in [7, 11) is 1.56. The number of anilines is 1. The van der Waals surface area contributed by atoms with Gasteiger partial charge in [0.25, 0.3) is 0 Å². The molecule has 3 heteroatoms. The molecule has 0 fully saturated rings. The average Bonchev–Trinajstić information content (AvgIpc) is 2.10. The normalized spacial score (nSPS) is 9.50. The minimum absolute atomic E-state index is 0.383. The molecular formula is C9H10NO2. The van der Waals surface area contributed by atoms with Gasteiger partial charge in [-0.05, 0) is 19.1 Å². The molecule has 0 bridgehead atoms. The van der Waals surface area contributed by atoms with Crippen LogP contribution in [-0.4, -0.2) is 13.4 Å². The van der Waals surface area contributed by atoms with Crippen molar-refractivity contribution in [2.75, 3.05) is 12.8 Å². The first kappa shape index (κ1) is 8.59. The van der Waals surface area contributed by atoms with Gasteiger partial charge in [-0.1, -0.05) is 0 Å². The molecule has 0 atom stereocenters. The van der Waals surface area contributed by atoms with Gasteiger partial charge in [-0.25, -0.2) is 0 Å². The zero-order chi connectivity index (χ0) is 9.14. The fraction of sp³-hybridized carbons (Fsp3) is 0.222. The summed E-state index contributed by atoms with van der Waals surface area (Å²) in [5.41, 5.74) is 7.22. The molecule has 0 spiro atoms. The molecule has 0 aliphatic rings. The molecule has 0 aliphatic heterocycles. The lowest BCUT2D eigenvalue weighted by Crippen LogP contribution is -1.98. The van der Waals surface area contributed by atoms with E-state index in [0.29, 0.717) is 17.0 Å². The van der Waals surface area contributed by atoms with E-state index in [1.165, 1.54) is 0 Å². The lowest BCUT2D eigenvalue weighted by molar-refractivity contribution is 0.412. The van der Waals surface area contributed by atoms with Crippen LogP contribution < -0.4 is 10.5 Å². The summed E-state index contributed by atoms with van der Waals surface area (Å²) in [5, 5.41) is 0. The Morgan fingerprint density at radius 1 is 1.50 bits per heavy atom. The quantitative estimate of drug-likeness (QED) is 0.664. The average molecular weight is 164 g/mol. The topological polar surface area (TPSA) is 52.3 Å². The summed E-state index contributed by atoms with van der Waals surface area (Å²) in [6.45, 7) is 1.80. The van der Waals surface area contributed by atoms with E-state index in [-0.39, 0.29) is 0 Å². The Morgan fingerprint density at radius 2 is 2.17 bits per heavy atom. The highest BCUT2D eigenvalue weighted by Gasteiger charge is 2.06. The second-order valence-corrected chi connectivity index (χ2v) is 2.46. The van der Waals surface area contributed by atoms with Gasteiger partial charge in [-0.15, -0.1) is 0 Å². The molecule has 1 rings (SSSR count). The van der Waals surface area contributed by atoms with Crippen LogP contribution in [0.3, 0.4) is 0 Å². The third-order valence-electron chi connectivity index (χ3n) is 1.80. The van der Waals surface area contributed by atoms with Gasteiger partial charge in [0.1, 0.15) is 5.75 Å². The molecule has 12 heavy (non-hydrogen) atoms. The number of nitrogen functional groups attached to an aromatic ring is 1. The summed E-state index contributed by atoms with van der Waals surface area (Å²) in [4.78, 5) is 10.3. The molecule has 0 aromatic heterocycles. The fourth-order valence-electron chi connectivity index (χ4n) is 1.02. The van der Waals surface area contributed by atoms with Crippen molar-refractivity contribution < 1.29 is 9.53 Å². The van der Waals surface area contributed by atoms with Crippen LogP contribution in [0.25, 0.3) is 0 Å². The van der Waals surface area contributed by atoms with E-state index in [1.807, 2.05) is 0 Å². The molecule has 2 N–H and O–H groups in total. The Kier molecular flexibility index (Phi) is 2.33. The number of carbonyl (C=O) groups excluding carboxylic acids is 1. The second-order valence-electron chi connectivity index (χ2n) is 2.46. The maximum Gasteiger partial charge on any atom is 0.235 e. The number of hydrogen-bond donors (Lipinski definition) is 1. The molecule has 1 radical (unpaired) electrons. The number of methoxy groups -OCH3 is 1. The Balaban J connectivity index is 3.29. The first-order valence-corrected chi connectivity index (χ1v) is 3.52. The van der Waals surface area contributed by atoms with Gasteiger partial charge >= 0.3 is 0 Å². The highest BCUT2D eigenvalue weighted by molar-refractivity contribution is 5.85. The van der Waals surface area contributed by atoms with Gasteiger partial charge in [-0.2, -0.15) is 0 Å². The van der Waals surface area contributed by atoms with Gasteiger partial charge in [0.2, 0.25) is 6.29 Å². The number of hydrogen-bond acceptors (Lipinski definition) is 3. The largest absolute Gasteiger partial charge is 0.496 e. The van der Waals surface area contributed by atoms with Crippen molar-refractivity contribution >= 4 is 12.0 Å². The van der Waals surface area contributed by atoms with Crippen LogP contribution >= 0.6 is 0 Å². The lowest BCUT2D eigenvalue weighted by Gasteiger charge is -2.07. The van der Waals surface area contributed by atoms with Crippen molar-refractivity contribution in [3.05, 3.63) is 23.3 Å².